The van der Waals surface area contributed by atoms with E-state index in [1.807, 2.05) is 18.2 Å². The number of rotatable bonds is 3. The first-order chi connectivity index (χ1) is 10.5. The maximum absolute atomic E-state index is 12.6. The smallest absolute Gasteiger partial charge is 0.242 e. The Labute approximate surface area is 131 Å². The van der Waals surface area contributed by atoms with Crippen LogP contribution in [0, 0.1) is 0 Å². The molecule has 2 N–H and O–H groups in total. The van der Waals surface area contributed by atoms with Crippen LogP contribution in [0.25, 0.3) is 0 Å². The van der Waals surface area contributed by atoms with Crippen LogP contribution in [0.2, 0.25) is 0 Å². The largest absolute Gasteiger partial charge is 0.398 e. The van der Waals surface area contributed by atoms with Gasteiger partial charge in [-0.3, -0.25) is 4.79 Å². The van der Waals surface area contributed by atoms with E-state index in [4.69, 9.17) is 5.73 Å². The van der Waals surface area contributed by atoms with Crippen molar-refractivity contribution in [2.75, 3.05) is 22.9 Å². The molecule has 0 aromatic heterocycles. The summed E-state index contributed by atoms with van der Waals surface area (Å²) in [7, 11) is -3.34. The van der Waals surface area contributed by atoms with Crippen molar-refractivity contribution < 1.29 is 13.2 Å². The predicted molar refractivity (Wildman–Crippen MR) is 87.6 cm³/mol. The van der Waals surface area contributed by atoms with Gasteiger partial charge in [0.25, 0.3) is 0 Å². The van der Waals surface area contributed by atoms with Crippen molar-refractivity contribution in [1.29, 1.82) is 0 Å². The van der Waals surface area contributed by atoms with Gasteiger partial charge in [0, 0.05) is 17.9 Å². The van der Waals surface area contributed by atoms with Crippen molar-refractivity contribution >= 4 is 27.1 Å². The fourth-order valence-electron chi connectivity index (χ4n) is 3.53. The van der Waals surface area contributed by atoms with Crippen molar-refractivity contribution in [1.82, 2.24) is 0 Å². The maximum atomic E-state index is 12.6. The van der Waals surface area contributed by atoms with Crippen LogP contribution in [0.3, 0.4) is 0 Å². The third-order valence-corrected chi connectivity index (χ3v) is 6.86. The number of nitrogen functional groups attached to an aromatic ring is 1. The molecule has 22 heavy (non-hydrogen) atoms. The molecule has 1 aliphatic carbocycles. The second kappa shape index (κ2) is 5.91. The van der Waals surface area contributed by atoms with E-state index in [1.54, 1.807) is 4.90 Å². The SMILES string of the molecule is Nc1cccc2c1CCCN2C(=O)CS(=O)(=O)C1CCCC1. The van der Waals surface area contributed by atoms with Crippen molar-refractivity contribution in [3.8, 4) is 0 Å². The van der Waals surface area contributed by atoms with Crippen LogP contribution in [0.5, 0.6) is 0 Å². The Balaban J connectivity index is 1.81. The molecule has 0 radical (unpaired) electrons. The predicted octanol–water partition coefficient (Wildman–Crippen LogP) is 1.91. The van der Waals surface area contributed by atoms with Gasteiger partial charge in [-0.25, -0.2) is 8.42 Å². The van der Waals surface area contributed by atoms with Crippen LogP contribution in [0.4, 0.5) is 11.4 Å². The summed E-state index contributed by atoms with van der Waals surface area (Å²) in [5.41, 5.74) is 8.38. The van der Waals surface area contributed by atoms with Gasteiger partial charge in [-0.2, -0.15) is 0 Å². The van der Waals surface area contributed by atoms with Gasteiger partial charge in [-0.15, -0.1) is 0 Å². The first-order valence-corrected chi connectivity index (χ1v) is 9.60. The van der Waals surface area contributed by atoms with Gasteiger partial charge < -0.3 is 10.6 Å². The summed E-state index contributed by atoms with van der Waals surface area (Å²) in [4.78, 5) is 14.1. The molecule has 1 aliphatic heterocycles. The number of carbonyl (C=O) groups is 1. The molecule has 1 amide bonds. The fraction of sp³-hybridized carbons (Fsp3) is 0.562. The van der Waals surface area contributed by atoms with Crippen LogP contribution in [-0.4, -0.2) is 31.9 Å². The van der Waals surface area contributed by atoms with Gasteiger partial charge in [-0.05, 0) is 43.4 Å². The van der Waals surface area contributed by atoms with Gasteiger partial charge >= 0.3 is 0 Å². The molecule has 1 saturated carbocycles. The van der Waals surface area contributed by atoms with Crippen molar-refractivity contribution in [3.63, 3.8) is 0 Å². The average Bonchev–Trinajstić information content (AvgIpc) is 3.02. The van der Waals surface area contributed by atoms with Crippen LogP contribution in [0.15, 0.2) is 18.2 Å². The highest BCUT2D eigenvalue weighted by Crippen LogP contribution is 2.32. The van der Waals surface area contributed by atoms with E-state index in [0.717, 1.165) is 36.9 Å². The topological polar surface area (TPSA) is 80.5 Å². The monoisotopic (exact) mass is 322 g/mol. The number of sulfone groups is 1. The molecule has 0 saturated heterocycles. The van der Waals surface area contributed by atoms with E-state index in [9.17, 15) is 13.2 Å². The normalized spacial score (nSPS) is 19.2. The van der Waals surface area contributed by atoms with E-state index in [1.165, 1.54) is 0 Å². The Morgan fingerprint density at radius 2 is 1.95 bits per heavy atom. The molecule has 120 valence electrons. The number of amides is 1. The van der Waals surface area contributed by atoms with Gasteiger partial charge in [0.15, 0.2) is 9.84 Å². The molecule has 6 heteroatoms. The zero-order valence-electron chi connectivity index (χ0n) is 12.6. The zero-order chi connectivity index (χ0) is 15.7. The van der Waals surface area contributed by atoms with E-state index >= 15 is 0 Å². The fourth-order valence-corrected chi connectivity index (χ4v) is 5.31. The summed E-state index contributed by atoms with van der Waals surface area (Å²) in [6.07, 6.45) is 4.93. The third kappa shape index (κ3) is 2.84. The molecule has 0 unspecified atom stereocenters. The number of anilines is 2. The first-order valence-electron chi connectivity index (χ1n) is 7.88. The van der Waals surface area contributed by atoms with Crippen molar-refractivity contribution in [2.24, 2.45) is 0 Å². The molecule has 3 rings (SSSR count). The lowest BCUT2D eigenvalue weighted by atomic mass is 10.00. The van der Waals surface area contributed by atoms with Crippen LogP contribution >= 0.6 is 0 Å². The summed E-state index contributed by atoms with van der Waals surface area (Å²) in [6, 6.07) is 5.48. The lowest BCUT2D eigenvalue weighted by Crippen LogP contribution is -2.41. The van der Waals surface area contributed by atoms with E-state index in [0.29, 0.717) is 25.1 Å². The number of hydrogen-bond donors (Lipinski definition) is 1. The van der Waals surface area contributed by atoms with Crippen LogP contribution in [-0.2, 0) is 21.1 Å². The number of carbonyl (C=O) groups excluding carboxylic acids is 1. The lowest BCUT2D eigenvalue weighted by molar-refractivity contribution is -0.116. The molecule has 1 aromatic rings. The Morgan fingerprint density at radius 3 is 2.68 bits per heavy atom. The lowest BCUT2D eigenvalue weighted by Gasteiger charge is -2.30. The number of nitrogens with two attached hydrogens (primary N) is 1. The molecule has 1 aromatic carbocycles. The summed E-state index contributed by atoms with van der Waals surface area (Å²) in [5.74, 6) is -0.704. The van der Waals surface area contributed by atoms with Crippen LogP contribution < -0.4 is 10.6 Å². The van der Waals surface area contributed by atoms with E-state index in [2.05, 4.69) is 0 Å². The first kappa shape index (κ1) is 15.3. The Hall–Kier alpha value is -1.56. The molecule has 1 fully saturated rings. The summed E-state index contributed by atoms with van der Waals surface area (Å²) in [6.45, 7) is 0.565. The van der Waals surface area contributed by atoms with Gasteiger partial charge in [-0.1, -0.05) is 18.9 Å². The molecule has 0 spiro atoms. The van der Waals surface area contributed by atoms with Crippen molar-refractivity contribution in [2.45, 2.75) is 43.8 Å². The number of benzene rings is 1. The highest BCUT2D eigenvalue weighted by molar-refractivity contribution is 7.92. The average molecular weight is 322 g/mol. The van der Waals surface area contributed by atoms with E-state index < -0.39 is 9.84 Å². The summed E-state index contributed by atoms with van der Waals surface area (Å²) >= 11 is 0. The number of nitrogens with zero attached hydrogens (tertiary/aromatic N) is 1. The molecule has 1 heterocycles. The molecule has 0 bridgehead atoms. The minimum absolute atomic E-state index is 0.321. The van der Waals surface area contributed by atoms with Gasteiger partial charge in [0.05, 0.1) is 5.25 Å². The molecular formula is C16H22N2O3S. The second-order valence-electron chi connectivity index (χ2n) is 6.21. The number of fused-ring (bicyclic) bond motifs is 1. The minimum atomic E-state index is -3.34. The Bertz CT molecular complexity index is 679. The quantitative estimate of drug-likeness (QED) is 0.862. The molecular weight excluding hydrogens is 300 g/mol. The van der Waals surface area contributed by atoms with Gasteiger partial charge in [0.2, 0.25) is 5.91 Å². The second-order valence-corrected chi connectivity index (χ2v) is 8.49. The summed E-state index contributed by atoms with van der Waals surface area (Å²) in [5, 5.41) is -0.332. The van der Waals surface area contributed by atoms with E-state index in [-0.39, 0.29) is 16.9 Å². The number of hydrogen-bond acceptors (Lipinski definition) is 4. The third-order valence-electron chi connectivity index (χ3n) is 4.72. The molecule has 2 aliphatic rings. The van der Waals surface area contributed by atoms with Crippen molar-refractivity contribution in [3.05, 3.63) is 23.8 Å². The standard InChI is InChI=1S/C16H22N2O3S/c17-14-8-3-9-15-13(14)7-4-10-18(15)16(19)11-22(20,21)12-5-1-2-6-12/h3,8-9,12H,1-2,4-7,10-11,17H2. The highest BCUT2D eigenvalue weighted by atomic mass is 32.2. The highest BCUT2D eigenvalue weighted by Gasteiger charge is 2.33. The molecule has 5 nitrogen and oxygen atoms in total. The Kier molecular flexibility index (Phi) is 4.12. The van der Waals surface area contributed by atoms with Crippen LogP contribution in [0.1, 0.15) is 37.7 Å². The molecule has 0 atom stereocenters. The summed E-state index contributed by atoms with van der Waals surface area (Å²) < 4.78 is 24.8. The van der Waals surface area contributed by atoms with Gasteiger partial charge in [0.1, 0.15) is 5.75 Å². The minimum Gasteiger partial charge on any atom is -0.398 e. The zero-order valence-corrected chi connectivity index (χ0v) is 13.4. The maximum Gasteiger partial charge on any atom is 0.242 e. The Morgan fingerprint density at radius 1 is 1.23 bits per heavy atom.